The van der Waals surface area contributed by atoms with Crippen molar-refractivity contribution in [1.82, 2.24) is 0 Å². The van der Waals surface area contributed by atoms with Gasteiger partial charge in [-0.25, -0.2) is 0 Å². The fraction of sp³-hybridized carbons (Fsp3) is 0.143. The number of thiol groups is 1. The van der Waals surface area contributed by atoms with Gasteiger partial charge < -0.3 is 4.74 Å². The fourth-order valence-electron chi connectivity index (χ4n) is 0.582. The predicted octanol–water partition coefficient (Wildman–Crippen LogP) is 1.34. The van der Waals surface area contributed by atoms with Crippen molar-refractivity contribution < 1.29 is 4.74 Å². The summed E-state index contributed by atoms with van der Waals surface area (Å²) < 4.78 is 4.94. The van der Waals surface area contributed by atoms with Crippen molar-refractivity contribution in [3.8, 4) is 5.75 Å². The third kappa shape index (κ3) is 2.97. The third-order valence-corrected chi connectivity index (χ3v) is 1.37. The Morgan fingerprint density at radius 3 is 2.10 bits per heavy atom. The first-order chi connectivity index (χ1) is 4.33. The van der Waals surface area contributed by atoms with Crippen LogP contribution in [0.3, 0.4) is 0 Å². The van der Waals surface area contributed by atoms with E-state index in [1.807, 2.05) is 24.3 Å². The summed E-state index contributed by atoms with van der Waals surface area (Å²) >= 11 is 4.11. The molecule has 0 atom stereocenters. The van der Waals surface area contributed by atoms with Crippen LogP contribution >= 0.6 is 12.6 Å². The molecule has 0 aliphatic rings. The molecule has 0 aliphatic heterocycles. The molecular formula is C7H9NaOS. The van der Waals surface area contributed by atoms with Gasteiger partial charge >= 0.3 is 29.6 Å². The van der Waals surface area contributed by atoms with Gasteiger partial charge in [-0.15, -0.1) is 12.6 Å². The van der Waals surface area contributed by atoms with Crippen LogP contribution < -0.4 is 4.74 Å². The Balaban J connectivity index is 0.000000810. The van der Waals surface area contributed by atoms with Crippen LogP contribution in [0, 0.1) is 0 Å². The van der Waals surface area contributed by atoms with E-state index in [0.717, 1.165) is 10.6 Å². The van der Waals surface area contributed by atoms with Gasteiger partial charge in [0.05, 0.1) is 7.11 Å². The van der Waals surface area contributed by atoms with Gasteiger partial charge in [0.15, 0.2) is 0 Å². The van der Waals surface area contributed by atoms with Crippen LogP contribution in [0.15, 0.2) is 29.2 Å². The third-order valence-electron chi connectivity index (χ3n) is 1.07. The van der Waals surface area contributed by atoms with Gasteiger partial charge in [-0.1, -0.05) is 0 Å². The summed E-state index contributed by atoms with van der Waals surface area (Å²) in [6, 6.07) is 7.54. The Labute approximate surface area is 88.5 Å². The van der Waals surface area contributed by atoms with Crippen molar-refractivity contribution in [3.63, 3.8) is 0 Å². The molecule has 0 spiro atoms. The molecule has 1 nitrogen and oxygen atoms in total. The molecule has 1 rings (SSSR count). The van der Waals surface area contributed by atoms with Crippen LogP contribution in [-0.4, -0.2) is 36.7 Å². The molecule has 1 aromatic carbocycles. The molecule has 0 unspecified atom stereocenters. The second-order valence-electron chi connectivity index (χ2n) is 1.70. The molecule has 0 radical (unpaired) electrons. The van der Waals surface area contributed by atoms with E-state index in [0.29, 0.717) is 0 Å². The first kappa shape index (κ1) is 10.4. The van der Waals surface area contributed by atoms with Gasteiger partial charge in [-0.2, -0.15) is 0 Å². The average molecular weight is 164 g/mol. The molecule has 0 saturated heterocycles. The van der Waals surface area contributed by atoms with Crippen molar-refractivity contribution in [2.45, 2.75) is 4.90 Å². The number of methoxy groups -OCH3 is 1. The minimum absolute atomic E-state index is 0. The topological polar surface area (TPSA) is 9.23 Å². The van der Waals surface area contributed by atoms with Gasteiger partial charge in [-0.3, -0.25) is 0 Å². The second-order valence-corrected chi connectivity index (χ2v) is 2.21. The maximum absolute atomic E-state index is 4.94. The molecule has 0 heterocycles. The summed E-state index contributed by atoms with van der Waals surface area (Å²) in [7, 11) is 1.65. The Hall–Kier alpha value is 0.370. The van der Waals surface area contributed by atoms with Crippen molar-refractivity contribution in [2.75, 3.05) is 7.11 Å². The summed E-state index contributed by atoms with van der Waals surface area (Å²) in [5.41, 5.74) is 0. The van der Waals surface area contributed by atoms with Crippen LogP contribution in [0.5, 0.6) is 5.75 Å². The number of hydrogen-bond donors (Lipinski definition) is 1. The summed E-state index contributed by atoms with van der Waals surface area (Å²) in [6.45, 7) is 0. The maximum atomic E-state index is 4.94. The second kappa shape index (κ2) is 5.08. The van der Waals surface area contributed by atoms with Crippen LogP contribution in [0.25, 0.3) is 0 Å². The van der Waals surface area contributed by atoms with Crippen LogP contribution in [0.1, 0.15) is 0 Å². The number of ether oxygens (including phenoxy) is 1. The monoisotopic (exact) mass is 164 g/mol. The minimum atomic E-state index is 0. The van der Waals surface area contributed by atoms with Gasteiger partial charge in [0.1, 0.15) is 5.75 Å². The van der Waals surface area contributed by atoms with Crippen LogP contribution in [0.4, 0.5) is 0 Å². The Morgan fingerprint density at radius 1 is 1.20 bits per heavy atom. The van der Waals surface area contributed by atoms with Crippen molar-refractivity contribution in [3.05, 3.63) is 24.3 Å². The predicted molar refractivity (Wildman–Crippen MR) is 47.4 cm³/mol. The summed E-state index contributed by atoms with van der Waals surface area (Å²) in [5, 5.41) is 0. The van der Waals surface area contributed by atoms with E-state index in [9.17, 15) is 0 Å². The molecule has 10 heavy (non-hydrogen) atoms. The average Bonchev–Trinajstić information content (AvgIpc) is 1.90. The number of rotatable bonds is 1. The first-order valence-corrected chi connectivity index (χ1v) is 3.10. The Bertz CT molecular complexity index is 185. The van der Waals surface area contributed by atoms with E-state index >= 15 is 0 Å². The van der Waals surface area contributed by atoms with Gasteiger partial charge in [0.25, 0.3) is 0 Å². The van der Waals surface area contributed by atoms with Crippen LogP contribution in [-0.2, 0) is 0 Å². The fourth-order valence-corrected chi connectivity index (χ4v) is 0.731. The molecule has 0 saturated carbocycles. The molecule has 0 fully saturated rings. The Kier molecular flexibility index (Phi) is 5.27. The van der Waals surface area contributed by atoms with E-state index in [-0.39, 0.29) is 29.6 Å². The Morgan fingerprint density at radius 2 is 1.70 bits per heavy atom. The van der Waals surface area contributed by atoms with Crippen molar-refractivity contribution in [1.29, 1.82) is 0 Å². The molecule has 0 bridgehead atoms. The summed E-state index contributed by atoms with van der Waals surface area (Å²) in [6.07, 6.45) is 0. The van der Waals surface area contributed by atoms with Crippen LogP contribution in [0.2, 0.25) is 0 Å². The zero-order valence-electron chi connectivity index (χ0n) is 5.16. The molecule has 50 valence electrons. The van der Waals surface area contributed by atoms with E-state index in [2.05, 4.69) is 12.6 Å². The summed E-state index contributed by atoms with van der Waals surface area (Å²) in [5.74, 6) is 0.868. The van der Waals surface area contributed by atoms with Crippen molar-refractivity contribution in [2.24, 2.45) is 0 Å². The quantitative estimate of drug-likeness (QED) is 0.486. The molecule has 0 N–H and O–H groups in total. The molecule has 1 aromatic rings. The standard InChI is InChI=1S/C7H8OS.Na.H/c1-8-6-2-4-7(9)5-3-6;;/h2-5,9H,1H3;;. The number of benzene rings is 1. The molecule has 0 aromatic heterocycles. The SMILES string of the molecule is COc1ccc(S)cc1.[NaH]. The van der Waals surface area contributed by atoms with E-state index in [4.69, 9.17) is 4.74 Å². The van der Waals surface area contributed by atoms with E-state index in [1.54, 1.807) is 7.11 Å². The normalized spacial score (nSPS) is 8.20. The summed E-state index contributed by atoms with van der Waals surface area (Å²) in [4.78, 5) is 0.954. The zero-order valence-corrected chi connectivity index (χ0v) is 6.06. The van der Waals surface area contributed by atoms with E-state index < -0.39 is 0 Å². The number of hydrogen-bond acceptors (Lipinski definition) is 2. The molecular weight excluding hydrogens is 155 g/mol. The van der Waals surface area contributed by atoms with Gasteiger partial charge in [-0.05, 0) is 24.3 Å². The van der Waals surface area contributed by atoms with Gasteiger partial charge in [0.2, 0.25) is 0 Å². The molecule has 0 amide bonds. The van der Waals surface area contributed by atoms with Gasteiger partial charge in [0, 0.05) is 4.90 Å². The first-order valence-electron chi connectivity index (χ1n) is 2.66. The molecule has 3 heteroatoms. The molecule has 0 aliphatic carbocycles. The zero-order chi connectivity index (χ0) is 6.69. The van der Waals surface area contributed by atoms with E-state index in [1.165, 1.54) is 0 Å². The van der Waals surface area contributed by atoms with Crippen molar-refractivity contribution >= 4 is 42.2 Å².